The molecule has 0 unspecified atom stereocenters. The van der Waals surface area contributed by atoms with E-state index in [9.17, 15) is 0 Å². The second-order valence-electron chi connectivity index (χ2n) is 13.8. The van der Waals surface area contributed by atoms with Crippen LogP contribution in [0.15, 0.2) is 158 Å². The number of nitrogens with zero attached hydrogens (tertiary/aromatic N) is 2. The molecule has 0 N–H and O–H groups in total. The normalized spacial score (nSPS) is 11.7. The molecule has 0 amide bonds. The van der Waals surface area contributed by atoms with Crippen LogP contribution in [-0.2, 0) is 20.1 Å². The summed E-state index contributed by atoms with van der Waals surface area (Å²) < 4.78 is 12.8. The summed E-state index contributed by atoms with van der Waals surface area (Å²) in [6.07, 6.45) is 3.80. The zero-order valence-electron chi connectivity index (χ0n) is 30.6. The van der Waals surface area contributed by atoms with Gasteiger partial charge in [-0.25, -0.2) is 0 Å². The molecule has 2 aliphatic heterocycles. The van der Waals surface area contributed by atoms with E-state index in [-0.39, 0.29) is 26.8 Å². The molecule has 1 radical (unpaired) electrons. The van der Waals surface area contributed by atoms with E-state index in [1.165, 1.54) is 33.4 Å². The van der Waals surface area contributed by atoms with Gasteiger partial charge in [-0.2, -0.15) is 0 Å². The average molecular weight is 887 g/mol. The predicted molar refractivity (Wildman–Crippen MR) is 220 cm³/mol. The van der Waals surface area contributed by atoms with Crippen LogP contribution in [0.2, 0.25) is 0 Å². The molecular formula is C49H35BIrN2O2-2. The quantitative estimate of drug-likeness (QED) is 0.131. The van der Waals surface area contributed by atoms with Crippen molar-refractivity contribution >= 4 is 23.1 Å². The Labute approximate surface area is 336 Å². The molecule has 0 atom stereocenters. The maximum Gasteiger partial charge on any atom is 0.241 e. The molecule has 267 valence electrons. The molecular weight excluding hydrogens is 852 g/mol. The Kier molecular flexibility index (Phi) is 10.0. The van der Waals surface area contributed by atoms with Gasteiger partial charge in [0, 0.05) is 43.7 Å². The Hall–Kier alpha value is -6.07. The number of ether oxygens (including phenoxy) is 2. The fraction of sp³-hybridized carbons (Fsp3) is 0.0612. The summed E-state index contributed by atoms with van der Waals surface area (Å²) in [6, 6.07) is 56.4. The van der Waals surface area contributed by atoms with Crippen molar-refractivity contribution in [1.82, 2.24) is 9.97 Å². The first-order valence-electron chi connectivity index (χ1n) is 18.2. The first kappa shape index (κ1) is 35.9. The fourth-order valence-electron chi connectivity index (χ4n) is 7.43. The number of hydrogen-bond acceptors (Lipinski definition) is 4. The van der Waals surface area contributed by atoms with Crippen LogP contribution >= 0.6 is 0 Å². The van der Waals surface area contributed by atoms with Crippen molar-refractivity contribution in [3.63, 3.8) is 0 Å². The van der Waals surface area contributed by atoms with Crippen molar-refractivity contribution in [2.45, 2.75) is 20.8 Å². The molecule has 6 heteroatoms. The zero-order chi connectivity index (χ0) is 36.6. The van der Waals surface area contributed by atoms with Crippen LogP contribution in [0.4, 0.5) is 0 Å². The maximum atomic E-state index is 6.54. The number of fused-ring (bicyclic) bond motifs is 4. The van der Waals surface area contributed by atoms with Crippen molar-refractivity contribution in [2.75, 3.05) is 0 Å². The van der Waals surface area contributed by atoms with Crippen molar-refractivity contribution in [3.8, 4) is 67.8 Å². The Balaban J connectivity index is 0.000000175. The minimum absolute atomic E-state index is 0. The monoisotopic (exact) mass is 887 g/mol. The van der Waals surface area contributed by atoms with Gasteiger partial charge in [0.15, 0.2) is 0 Å². The van der Waals surface area contributed by atoms with Crippen LogP contribution in [0.3, 0.4) is 0 Å². The van der Waals surface area contributed by atoms with E-state index in [4.69, 9.17) is 14.5 Å². The second-order valence-corrected chi connectivity index (χ2v) is 13.8. The smallest absolute Gasteiger partial charge is 0.241 e. The number of hydrogen-bond donors (Lipinski definition) is 0. The molecule has 0 fully saturated rings. The van der Waals surface area contributed by atoms with Crippen LogP contribution in [0.5, 0.6) is 23.0 Å². The van der Waals surface area contributed by atoms with E-state index in [2.05, 4.69) is 135 Å². The molecule has 2 aromatic heterocycles. The number of aromatic nitrogens is 2. The molecule has 0 spiro atoms. The van der Waals surface area contributed by atoms with Crippen molar-refractivity contribution in [1.29, 1.82) is 0 Å². The van der Waals surface area contributed by atoms with Gasteiger partial charge in [0.1, 0.15) is 17.2 Å². The molecule has 55 heavy (non-hydrogen) atoms. The van der Waals surface area contributed by atoms with Gasteiger partial charge in [-0.1, -0.05) is 103 Å². The van der Waals surface area contributed by atoms with Crippen LogP contribution in [0, 0.1) is 32.9 Å². The molecule has 4 nitrogen and oxygen atoms in total. The molecule has 0 saturated heterocycles. The standard InChI is InChI=1S/C30H19BNO2.C19H16N.Ir/c1-19-8-2-3-9-21(19)20-16-17-32-25(18-20)22-10-6-12-24-30(22)34-28-15-7-14-27-29(28)31(24)23-11-4-5-13-26(23)33-27;1-14-8-10-17(11-9-14)19-12-18(15(2)13-20-19)16-6-4-3-5-7-16;/h2-9,11-18H,1H3;3-10,12-13H,1-2H3;/q2*-1;. The van der Waals surface area contributed by atoms with Gasteiger partial charge in [0.05, 0.1) is 0 Å². The summed E-state index contributed by atoms with van der Waals surface area (Å²) in [5.41, 5.74) is 15.4. The zero-order valence-corrected chi connectivity index (χ0v) is 33.0. The summed E-state index contributed by atoms with van der Waals surface area (Å²) in [6.45, 7) is 6.33. The van der Waals surface area contributed by atoms with Gasteiger partial charge in [-0.15, -0.1) is 59.1 Å². The molecule has 2 aliphatic rings. The average Bonchev–Trinajstić information content (AvgIpc) is 3.22. The minimum atomic E-state index is 0. The van der Waals surface area contributed by atoms with E-state index in [0.29, 0.717) is 0 Å². The largest absolute Gasteiger partial charge is 0.503 e. The van der Waals surface area contributed by atoms with Gasteiger partial charge in [-0.05, 0) is 88.3 Å². The van der Waals surface area contributed by atoms with Crippen LogP contribution in [-0.4, -0.2) is 16.7 Å². The van der Waals surface area contributed by atoms with E-state index in [1.807, 2.05) is 60.9 Å². The third-order valence-electron chi connectivity index (χ3n) is 10.2. The molecule has 6 aromatic carbocycles. The van der Waals surface area contributed by atoms with Crippen molar-refractivity contribution in [3.05, 3.63) is 187 Å². The molecule has 0 bridgehead atoms. The summed E-state index contributed by atoms with van der Waals surface area (Å²) >= 11 is 0. The van der Waals surface area contributed by atoms with Gasteiger partial charge in [0.25, 0.3) is 0 Å². The minimum Gasteiger partial charge on any atom is -0.503 e. The number of pyridine rings is 2. The summed E-state index contributed by atoms with van der Waals surface area (Å²) in [5, 5.41) is 0. The van der Waals surface area contributed by atoms with E-state index < -0.39 is 0 Å². The summed E-state index contributed by atoms with van der Waals surface area (Å²) in [5.74, 6) is 3.36. The Morgan fingerprint density at radius 3 is 2.15 bits per heavy atom. The van der Waals surface area contributed by atoms with E-state index in [1.54, 1.807) is 0 Å². The fourth-order valence-corrected chi connectivity index (χ4v) is 7.43. The van der Waals surface area contributed by atoms with Crippen molar-refractivity contribution < 1.29 is 29.6 Å². The summed E-state index contributed by atoms with van der Waals surface area (Å²) in [7, 11) is 0. The van der Waals surface area contributed by atoms with E-state index >= 15 is 0 Å². The third kappa shape index (κ3) is 6.92. The number of rotatable bonds is 4. The van der Waals surface area contributed by atoms with Gasteiger partial charge < -0.3 is 19.4 Å². The SMILES string of the molecule is Cc1c[c-]c(-c2cc(-c3ccccc3)c(C)cn2)cc1.Cc1ccccc1-c1ccnc(-c2[c-]ccc3c2Oc2cccc4c2B3c2ccccc2O4)c1.[Ir]. The molecule has 10 rings (SSSR count). The molecule has 4 heterocycles. The Morgan fingerprint density at radius 1 is 0.564 bits per heavy atom. The Bertz CT molecular complexity index is 2660. The van der Waals surface area contributed by atoms with Crippen molar-refractivity contribution in [2.24, 2.45) is 0 Å². The van der Waals surface area contributed by atoms with Gasteiger partial charge in [0.2, 0.25) is 6.71 Å². The van der Waals surface area contributed by atoms with Crippen LogP contribution in [0.1, 0.15) is 16.7 Å². The Morgan fingerprint density at radius 2 is 1.33 bits per heavy atom. The molecule has 0 saturated carbocycles. The summed E-state index contributed by atoms with van der Waals surface area (Å²) in [4.78, 5) is 9.25. The molecule has 0 aliphatic carbocycles. The second kappa shape index (κ2) is 15.4. The van der Waals surface area contributed by atoms with E-state index in [0.717, 1.165) is 67.5 Å². The molecule has 8 aromatic rings. The third-order valence-corrected chi connectivity index (χ3v) is 10.2. The number of benzene rings is 6. The topological polar surface area (TPSA) is 44.2 Å². The first-order valence-corrected chi connectivity index (χ1v) is 18.2. The van der Waals surface area contributed by atoms with Gasteiger partial charge in [-0.3, -0.25) is 0 Å². The first-order chi connectivity index (χ1) is 26.5. The van der Waals surface area contributed by atoms with Gasteiger partial charge >= 0.3 is 0 Å². The predicted octanol–water partition coefficient (Wildman–Crippen LogP) is 10.1. The number of aryl methyl sites for hydroxylation is 3. The number of para-hydroxylation sites is 1. The van der Waals surface area contributed by atoms with Crippen LogP contribution in [0.25, 0.3) is 44.8 Å². The van der Waals surface area contributed by atoms with Crippen LogP contribution < -0.4 is 25.9 Å². The maximum absolute atomic E-state index is 6.54.